The van der Waals surface area contributed by atoms with E-state index in [1.807, 2.05) is 24.3 Å². The molecule has 1 saturated heterocycles. The van der Waals surface area contributed by atoms with E-state index >= 15 is 0 Å². The standard InChI is InChI=1S/C18H18ClNO3/c19-15-3-1-2-14(12-15)4-5-16-13-17(23-20-16)6-8-18(9-7-17)21-10-11-22-18/h1-3,12-13,20H,6-11H2. The second-order valence-electron chi connectivity index (χ2n) is 6.19. The summed E-state index contributed by atoms with van der Waals surface area (Å²) in [5.41, 5.74) is 4.35. The first-order chi connectivity index (χ1) is 11.2. The molecule has 1 saturated carbocycles. The smallest absolute Gasteiger partial charge is 0.168 e. The summed E-state index contributed by atoms with van der Waals surface area (Å²) in [5, 5.41) is 0.687. The average Bonchev–Trinajstić information content (AvgIpc) is 3.17. The third-order valence-electron chi connectivity index (χ3n) is 4.61. The van der Waals surface area contributed by atoms with E-state index in [0.29, 0.717) is 18.2 Å². The molecule has 3 aliphatic rings. The summed E-state index contributed by atoms with van der Waals surface area (Å²) in [5.74, 6) is 5.84. The van der Waals surface area contributed by atoms with Gasteiger partial charge < -0.3 is 9.47 Å². The van der Waals surface area contributed by atoms with Gasteiger partial charge in [0, 0.05) is 23.4 Å². The topological polar surface area (TPSA) is 39.7 Å². The molecule has 0 amide bonds. The highest BCUT2D eigenvalue weighted by molar-refractivity contribution is 6.30. The minimum atomic E-state index is -0.377. The van der Waals surface area contributed by atoms with Gasteiger partial charge in [0.2, 0.25) is 0 Å². The molecule has 0 radical (unpaired) electrons. The van der Waals surface area contributed by atoms with Crippen molar-refractivity contribution in [3.8, 4) is 11.8 Å². The summed E-state index contributed by atoms with van der Waals surface area (Å²) >= 11 is 5.97. The van der Waals surface area contributed by atoms with Crippen molar-refractivity contribution < 1.29 is 14.3 Å². The molecule has 120 valence electrons. The van der Waals surface area contributed by atoms with Crippen molar-refractivity contribution in [2.24, 2.45) is 0 Å². The van der Waals surface area contributed by atoms with Crippen molar-refractivity contribution in [2.45, 2.75) is 37.1 Å². The fourth-order valence-electron chi connectivity index (χ4n) is 3.33. The van der Waals surface area contributed by atoms with Gasteiger partial charge in [0.1, 0.15) is 11.3 Å². The zero-order valence-corrected chi connectivity index (χ0v) is 13.5. The predicted octanol–water partition coefficient (Wildman–Crippen LogP) is 3.17. The lowest BCUT2D eigenvalue weighted by atomic mass is 9.81. The van der Waals surface area contributed by atoms with Crippen LogP contribution in [0.1, 0.15) is 31.2 Å². The average molecular weight is 332 g/mol. The number of allylic oxidation sites excluding steroid dienone is 1. The van der Waals surface area contributed by atoms with Crippen molar-refractivity contribution >= 4 is 11.6 Å². The highest BCUT2D eigenvalue weighted by Crippen LogP contribution is 2.43. The van der Waals surface area contributed by atoms with Crippen LogP contribution in [0.25, 0.3) is 0 Å². The van der Waals surface area contributed by atoms with E-state index in [1.54, 1.807) is 0 Å². The van der Waals surface area contributed by atoms with Crippen molar-refractivity contribution in [1.29, 1.82) is 0 Å². The van der Waals surface area contributed by atoms with Gasteiger partial charge >= 0.3 is 0 Å². The third kappa shape index (κ3) is 3.11. The van der Waals surface area contributed by atoms with Gasteiger partial charge in [0.15, 0.2) is 5.79 Å². The Morgan fingerprint density at radius 2 is 1.83 bits per heavy atom. The van der Waals surface area contributed by atoms with Crippen molar-refractivity contribution in [1.82, 2.24) is 5.48 Å². The van der Waals surface area contributed by atoms with Crippen LogP contribution in [0.15, 0.2) is 36.0 Å². The molecule has 0 aromatic heterocycles. The fourth-order valence-corrected chi connectivity index (χ4v) is 3.52. The Balaban J connectivity index is 1.46. The fraction of sp³-hybridized carbons (Fsp3) is 0.444. The quantitative estimate of drug-likeness (QED) is 0.741. The van der Waals surface area contributed by atoms with Gasteiger partial charge in [-0.15, -0.1) is 0 Å². The first kappa shape index (κ1) is 15.0. The van der Waals surface area contributed by atoms with Crippen molar-refractivity contribution in [2.75, 3.05) is 13.2 Å². The van der Waals surface area contributed by atoms with Crippen LogP contribution in [0.5, 0.6) is 0 Å². The summed E-state index contributed by atoms with van der Waals surface area (Å²) in [6.45, 7) is 1.39. The summed E-state index contributed by atoms with van der Waals surface area (Å²) in [6.07, 6.45) is 5.51. The Bertz CT molecular complexity index is 688. The van der Waals surface area contributed by atoms with E-state index in [4.69, 9.17) is 25.9 Å². The monoisotopic (exact) mass is 331 g/mol. The Morgan fingerprint density at radius 1 is 1.04 bits per heavy atom. The van der Waals surface area contributed by atoms with Gasteiger partial charge in [-0.25, -0.2) is 0 Å². The van der Waals surface area contributed by atoms with E-state index in [0.717, 1.165) is 36.9 Å². The van der Waals surface area contributed by atoms with Crippen LogP contribution >= 0.6 is 11.6 Å². The molecule has 0 unspecified atom stereocenters. The minimum Gasteiger partial charge on any atom is -0.348 e. The molecule has 2 spiro atoms. The summed E-state index contributed by atoms with van der Waals surface area (Å²) < 4.78 is 11.5. The molecule has 2 heterocycles. The lowest BCUT2D eigenvalue weighted by Crippen LogP contribution is -2.43. The molecule has 0 bridgehead atoms. The van der Waals surface area contributed by atoms with Crippen molar-refractivity contribution in [3.63, 3.8) is 0 Å². The van der Waals surface area contributed by atoms with Crippen molar-refractivity contribution in [3.05, 3.63) is 46.6 Å². The molecule has 2 aliphatic heterocycles. The number of nitrogens with one attached hydrogen (secondary N) is 1. The van der Waals surface area contributed by atoms with Crippen LogP contribution < -0.4 is 5.48 Å². The molecule has 5 heteroatoms. The number of ether oxygens (including phenoxy) is 2. The number of hydrogen-bond donors (Lipinski definition) is 1. The second-order valence-corrected chi connectivity index (χ2v) is 6.63. The summed E-state index contributed by atoms with van der Waals surface area (Å²) in [4.78, 5) is 5.83. The maximum absolute atomic E-state index is 5.97. The van der Waals surface area contributed by atoms with Crippen LogP contribution in [0, 0.1) is 11.8 Å². The highest BCUT2D eigenvalue weighted by atomic mass is 35.5. The Morgan fingerprint density at radius 3 is 2.57 bits per heavy atom. The number of benzene rings is 1. The molecule has 1 aromatic rings. The molecule has 4 rings (SSSR count). The van der Waals surface area contributed by atoms with Crippen LogP contribution in [0.4, 0.5) is 0 Å². The maximum Gasteiger partial charge on any atom is 0.168 e. The molecule has 23 heavy (non-hydrogen) atoms. The van der Waals surface area contributed by atoms with E-state index in [2.05, 4.69) is 23.4 Å². The van der Waals surface area contributed by atoms with Crippen LogP contribution in [0.3, 0.4) is 0 Å². The molecule has 1 aromatic carbocycles. The molecule has 4 nitrogen and oxygen atoms in total. The van der Waals surface area contributed by atoms with E-state index in [-0.39, 0.29) is 11.4 Å². The Kier molecular flexibility index (Phi) is 3.82. The normalized spacial score (nSPS) is 24.1. The van der Waals surface area contributed by atoms with Gasteiger partial charge in [0.05, 0.1) is 13.2 Å². The SMILES string of the molecule is Clc1cccc(C#CC2=CC3(CCC4(CC3)OCCO4)ON2)c1. The van der Waals surface area contributed by atoms with Gasteiger partial charge in [-0.1, -0.05) is 23.6 Å². The van der Waals surface area contributed by atoms with Crippen LogP contribution in [0.2, 0.25) is 5.02 Å². The lowest BCUT2D eigenvalue weighted by molar-refractivity contribution is -0.205. The predicted molar refractivity (Wildman–Crippen MR) is 86.5 cm³/mol. The largest absolute Gasteiger partial charge is 0.348 e. The molecule has 1 aliphatic carbocycles. The van der Waals surface area contributed by atoms with Gasteiger partial charge in [0.25, 0.3) is 0 Å². The molecule has 2 fully saturated rings. The summed E-state index contributed by atoms with van der Waals surface area (Å²) in [7, 11) is 0. The summed E-state index contributed by atoms with van der Waals surface area (Å²) in [6, 6.07) is 7.51. The highest BCUT2D eigenvalue weighted by Gasteiger charge is 2.48. The number of rotatable bonds is 0. The first-order valence-corrected chi connectivity index (χ1v) is 8.27. The van der Waals surface area contributed by atoms with E-state index in [9.17, 15) is 0 Å². The molecule has 0 atom stereocenters. The molecule has 1 N–H and O–H groups in total. The molecular formula is C18H18ClNO3. The number of hydrogen-bond acceptors (Lipinski definition) is 4. The Labute approximate surface area is 140 Å². The molecular weight excluding hydrogens is 314 g/mol. The van der Waals surface area contributed by atoms with Gasteiger partial charge in [-0.05, 0) is 43.0 Å². The second kappa shape index (κ2) is 5.85. The lowest BCUT2D eigenvalue weighted by Gasteiger charge is -2.39. The van der Waals surface area contributed by atoms with E-state index in [1.165, 1.54) is 0 Å². The van der Waals surface area contributed by atoms with Crippen LogP contribution in [-0.4, -0.2) is 24.6 Å². The Hall–Kier alpha value is -1.51. The zero-order chi connectivity index (χ0) is 15.8. The number of hydroxylamine groups is 1. The zero-order valence-electron chi connectivity index (χ0n) is 12.7. The van der Waals surface area contributed by atoms with E-state index < -0.39 is 0 Å². The first-order valence-electron chi connectivity index (χ1n) is 7.90. The third-order valence-corrected chi connectivity index (χ3v) is 4.84. The maximum atomic E-state index is 5.97. The van der Waals surface area contributed by atoms with Gasteiger partial charge in [-0.3, -0.25) is 10.3 Å². The van der Waals surface area contributed by atoms with Crippen LogP contribution in [-0.2, 0) is 14.3 Å². The number of halogens is 1. The minimum absolute atomic E-state index is 0.293. The van der Waals surface area contributed by atoms with Gasteiger partial charge in [-0.2, -0.15) is 0 Å².